The fourth-order valence-corrected chi connectivity index (χ4v) is 2.06. The maximum atomic E-state index is 5.90. The molecule has 0 radical (unpaired) electrons. The lowest BCUT2D eigenvalue weighted by atomic mass is 10.0. The van der Waals surface area contributed by atoms with E-state index in [0.29, 0.717) is 5.66 Å². The number of hydrogen-bond donors (Lipinski definition) is 0. The van der Waals surface area contributed by atoms with Gasteiger partial charge in [-0.1, -0.05) is 20.8 Å². The Labute approximate surface area is 83.4 Å². The molecule has 0 aliphatic carbocycles. The molecule has 3 heteroatoms. The van der Waals surface area contributed by atoms with Crippen LogP contribution >= 0.6 is 8.15 Å². The second kappa shape index (κ2) is 5.29. The van der Waals surface area contributed by atoms with Crippen molar-refractivity contribution in [3.63, 3.8) is 0 Å². The second-order valence-electron chi connectivity index (χ2n) is 4.33. The highest BCUT2D eigenvalue weighted by Gasteiger charge is 2.19. The van der Waals surface area contributed by atoms with Crippen LogP contribution in [0.15, 0.2) is 0 Å². The van der Waals surface area contributed by atoms with Gasteiger partial charge in [-0.05, 0) is 31.1 Å². The predicted octanol–water partition coefficient (Wildman–Crippen LogP) is 3.09. The topological polar surface area (TPSA) is 12.5 Å². The van der Waals surface area contributed by atoms with Crippen molar-refractivity contribution < 1.29 is 4.62 Å². The molecule has 1 heterocycles. The molecule has 1 saturated heterocycles. The van der Waals surface area contributed by atoms with E-state index in [0.717, 1.165) is 19.0 Å². The van der Waals surface area contributed by atoms with Crippen molar-refractivity contribution in [2.24, 2.45) is 5.92 Å². The lowest BCUT2D eigenvalue weighted by Crippen LogP contribution is -2.32. The van der Waals surface area contributed by atoms with Crippen molar-refractivity contribution in [3.05, 3.63) is 0 Å². The van der Waals surface area contributed by atoms with Crippen LogP contribution in [-0.4, -0.2) is 30.5 Å². The smallest absolute Gasteiger partial charge is 0.0542 e. The van der Waals surface area contributed by atoms with E-state index in [1.807, 2.05) is 0 Å². The Kier molecular flexibility index (Phi) is 4.64. The zero-order valence-corrected chi connectivity index (χ0v) is 10.2. The van der Waals surface area contributed by atoms with E-state index in [1.165, 1.54) is 12.8 Å². The molecule has 0 aromatic heterocycles. The zero-order chi connectivity index (χ0) is 9.84. The van der Waals surface area contributed by atoms with E-state index in [9.17, 15) is 0 Å². The molecule has 0 N–H and O–H groups in total. The Morgan fingerprint density at radius 3 is 2.31 bits per heavy atom. The molecule has 78 valence electrons. The molecular weight excluding hydrogens is 181 g/mol. The summed E-state index contributed by atoms with van der Waals surface area (Å²) in [4.78, 5) is 0. The number of hydrogen-bond acceptors (Lipinski definition) is 2. The molecule has 0 aromatic carbocycles. The van der Waals surface area contributed by atoms with Gasteiger partial charge < -0.3 is 0 Å². The molecule has 1 fully saturated rings. The van der Waals surface area contributed by atoms with Gasteiger partial charge in [0.25, 0.3) is 0 Å². The summed E-state index contributed by atoms with van der Waals surface area (Å²) in [6.07, 6.45) is 2.59. The number of nitrogens with zero attached hydrogens (tertiary/aromatic N) is 1. The first kappa shape index (κ1) is 11.4. The van der Waals surface area contributed by atoms with Gasteiger partial charge in [-0.15, -0.1) is 0 Å². The van der Waals surface area contributed by atoms with Crippen molar-refractivity contribution in [1.29, 1.82) is 0 Å². The fraction of sp³-hybridized carbons (Fsp3) is 1.00. The minimum atomic E-state index is -0.251. The van der Waals surface area contributed by atoms with E-state index >= 15 is 0 Å². The molecule has 1 aliphatic rings. The van der Waals surface area contributed by atoms with Gasteiger partial charge in [-0.25, -0.2) is 0 Å². The summed E-state index contributed by atoms with van der Waals surface area (Å²) < 4.78 is 5.90. The van der Waals surface area contributed by atoms with Crippen LogP contribution < -0.4 is 0 Å². The molecule has 2 nitrogen and oxygen atoms in total. The van der Waals surface area contributed by atoms with Crippen molar-refractivity contribution in [3.8, 4) is 0 Å². The Balaban J connectivity index is 2.22. The third-order valence-electron chi connectivity index (χ3n) is 2.71. The van der Waals surface area contributed by atoms with Crippen molar-refractivity contribution >= 4 is 8.15 Å². The summed E-state index contributed by atoms with van der Waals surface area (Å²) in [5.74, 6) is 0.891. The molecule has 1 unspecified atom stereocenters. The number of rotatable bonds is 3. The second-order valence-corrected chi connectivity index (χ2v) is 6.62. The summed E-state index contributed by atoms with van der Waals surface area (Å²) in [6, 6.07) is 0. The third-order valence-corrected chi connectivity index (χ3v) is 4.66. The lowest BCUT2D eigenvalue weighted by Gasteiger charge is -2.32. The maximum Gasteiger partial charge on any atom is 0.0542 e. The quantitative estimate of drug-likeness (QED) is 0.653. The highest BCUT2D eigenvalue weighted by atomic mass is 31.1. The molecule has 0 spiro atoms. The molecule has 1 atom stereocenters. The highest BCUT2D eigenvalue weighted by Crippen LogP contribution is 2.39. The largest absolute Gasteiger partial charge is 0.277 e. The van der Waals surface area contributed by atoms with Crippen molar-refractivity contribution in [2.75, 3.05) is 19.8 Å². The normalized spacial score (nSPS) is 23.8. The molecule has 0 saturated carbocycles. The SMILES string of the molecule is CC1CCN(OP(C)C(C)C)CC1. The van der Waals surface area contributed by atoms with Crippen molar-refractivity contribution in [2.45, 2.75) is 39.3 Å². The first-order chi connectivity index (χ1) is 6.09. The fourth-order valence-electron chi connectivity index (χ4n) is 1.34. The van der Waals surface area contributed by atoms with E-state index in [1.54, 1.807) is 0 Å². The van der Waals surface area contributed by atoms with Gasteiger partial charge in [0.1, 0.15) is 0 Å². The lowest BCUT2D eigenvalue weighted by molar-refractivity contribution is -0.0707. The van der Waals surface area contributed by atoms with Crippen LogP contribution in [0, 0.1) is 5.92 Å². The molecule has 0 amide bonds. The van der Waals surface area contributed by atoms with Crippen LogP contribution in [0.4, 0.5) is 0 Å². The highest BCUT2D eigenvalue weighted by molar-refractivity contribution is 7.52. The summed E-state index contributed by atoms with van der Waals surface area (Å²) in [6.45, 7) is 11.3. The van der Waals surface area contributed by atoms with E-state index in [2.05, 4.69) is 32.5 Å². The van der Waals surface area contributed by atoms with Crippen LogP contribution in [0.2, 0.25) is 0 Å². The van der Waals surface area contributed by atoms with E-state index in [-0.39, 0.29) is 8.15 Å². The molecule has 1 rings (SSSR count). The minimum absolute atomic E-state index is 0.251. The maximum absolute atomic E-state index is 5.90. The molecule has 0 bridgehead atoms. The van der Waals surface area contributed by atoms with E-state index in [4.69, 9.17) is 4.62 Å². The van der Waals surface area contributed by atoms with Crippen LogP contribution in [0.3, 0.4) is 0 Å². The van der Waals surface area contributed by atoms with Gasteiger partial charge in [-0.3, -0.25) is 4.62 Å². The van der Waals surface area contributed by atoms with Gasteiger partial charge in [-0.2, -0.15) is 5.06 Å². The Morgan fingerprint density at radius 1 is 1.31 bits per heavy atom. The number of piperidine rings is 1. The van der Waals surface area contributed by atoms with Gasteiger partial charge in [0.05, 0.1) is 8.15 Å². The first-order valence-electron chi connectivity index (χ1n) is 5.25. The molecule has 1 aliphatic heterocycles. The minimum Gasteiger partial charge on any atom is -0.277 e. The summed E-state index contributed by atoms with van der Waals surface area (Å²) >= 11 is 0. The Morgan fingerprint density at radius 2 is 1.85 bits per heavy atom. The Hall–Kier alpha value is 0.350. The van der Waals surface area contributed by atoms with Gasteiger partial charge >= 0.3 is 0 Å². The van der Waals surface area contributed by atoms with Crippen LogP contribution in [0.25, 0.3) is 0 Å². The van der Waals surface area contributed by atoms with Crippen LogP contribution in [0.5, 0.6) is 0 Å². The average Bonchev–Trinajstić information content (AvgIpc) is 2.08. The van der Waals surface area contributed by atoms with Crippen molar-refractivity contribution in [1.82, 2.24) is 5.06 Å². The summed E-state index contributed by atoms with van der Waals surface area (Å²) in [5, 5.41) is 2.17. The van der Waals surface area contributed by atoms with Crippen LogP contribution in [-0.2, 0) is 4.62 Å². The Bertz CT molecular complexity index is 144. The monoisotopic (exact) mass is 203 g/mol. The van der Waals surface area contributed by atoms with Gasteiger partial charge in [0.15, 0.2) is 0 Å². The summed E-state index contributed by atoms with van der Waals surface area (Å²) in [5.41, 5.74) is 0.675. The predicted molar refractivity (Wildman–Crippen MR) is 59.0 cm³/mol. The van der Waals surface area contributed by atoms with Gasteiger partial charge in [0, 0.05) is 13.1 Å². The molecule has 0 aromatic rings. The third kappa shape index (κ3) is 3.93. The summed E-state index contributed by atoms with van der Waals surface area (Å²) in [7, 11) is -0.251. The standard InChI is InChI=1S/C10H22NOP/c1-9(2)13(4)12-11-7-5-10(3)6-8-11/h9-10H,5-8H2,1-4H3. The molecule has 13 heavy (non-hydrogen) atoms. The van der Waals surface area contributed by atoms with Crippen LogP contribution in [0.1, 0.15) is 33.6 Å². The van der Waals surface area contributed by atoms with Gasteiger partial charge in [0.2, 0.25) is 0 Å². The van der Waals surface area contributed by atoms with E-state index < -0.39 is 0 Å². The number of hydroxylamine groups is 2. The molecular formula is C10H22NOP. The zero-order valence-electron chi connectivity index (χ0n) is 9.29. The first-order valence-corrected chi connectivity index (χ1v) is 7.03. The average molecular weight is 203 g/mol.